The van der Waals surface area contributed by atoms with E-state index in [1.807, 2.05) is 58.0 Å². The summed E-state index contributed by atoms with van der Waals surface area (Å²) in [5.74, 6) is 0.217. The topological polar surface area (TPSA) is 123 Å². The van der Waals surface area contributed by atoms with E-state index >= 15 is 0 Å². The lowest BCUT2D eigenvalue weighted by atomic mass is 9.97. The molecule has 0 radical (unpaired) electrons. The summed E-state index contributed by atoms with van der Waals surface area (Å²) >= 11 is 3.79. The van der Waals surface area contributed by atoms with Gasteiger partial charge in [-0.15, -0.1) is 0 Å². The molecule has 2 heterocycles. The van der Waals surface area contributed by atoms with Crippen LogP contribution >= 0.6 is 15.9 Å². The third-order valence-electron chi connectivity index (χ3n) is 5.96. The molecule has 37 heavy (non-hydrogen) atoms. The highest BCUT2D eigenvalue weighted by molar-refractivity contribution is 9.10. The van der Waals surface area contributed by atoms with Crippen LogP contribution in [0, 0.1) is 0 Å². The van der Waals surface area contributed by atoms with Gasteiger partial charge >= 0.3 is 6.09 Å². The molecule has 2 aliphatic rings. The summed E-state index contributed by atoms with van der Waals surface area (Å²) in [6.45, 7) is 7.44. The Morgan fingerprint density at radius 2 is 1.89 bits per heavy atom. The molecule has 194 valence electrons. The number of halogens is 1. The van der Waals surface area contributed by atoms with Gasteiger partial charge in [0.25, 0.3) is 5.91 Å². The second kappa shape index (κ2) is 10.8. The van der Waals surface area contributed by atoms with Crippen molar-refractivity contribution in [2.75, 3.05) is 5.32 Å². The predicted octanol–water partition coefficient (Wildman–Crippen LogP) is 6.72. The number of rotatable bonds is 8. The lowest BCUT2D eigenvalue weighted by Gasteiger charge is -2.20. The summed E-state index contributed by atoms with van der Waals surface area (Å²) in [5.41, 5.74) is 11.6. The predicted molar refractivity (Wildman–Crippen MR) is 147 cm³/mol. The lowest BCUT2D eigenvalue weighted by molar-refractivity contribution is 0.0635. The Morgan fingerprint density at radius 1 is 1.14 bits per heavy atom. The highest BCUT2D eigenvalue weighted by Crippen LogP contribution is 2.48. The number of para-hydroxylation sites is 1. The number of carbonyl (C=O) groups is 2. The number of H-pyrrole nitrogens is 1. The first kappa shape index (κ1) is 26.5. The zero-order valence-electron chi connectivity index (χ0n) is 21.4. The third-order valence-corrected chi connectivity index (χ3v) is 6.78. The zero-order chi connectivity index (χ0) is 26.7. The number of hydrogen-bond acceptors (Lipinski definition) is 5. The Bertz CT molecular complexity index is 1400. The van der Waals surface area contributed by atoms with Gasteiger partial charge in [-0.3, -0.25) is 10.1 Å². The van der Waals surface area contributed by atoms with Gasteiger partial charge in [-0.1, -0.05) is 25.1 Å². The number of benzene rings is 1. The van der Waals surface area contributed by atoms with E-state index < -0.39 is 17.6 Å². The molecule has 0 atom stereocenters. The van der Waals surface area contributed by atoms with E-state index in [0.717, 1.165) is 56.6 Å². The van der Waals surface area contributed by atoms with Crippen LogP contribution in [0.1, 0.15) is 61.7 Å². The fourth-order valence-electron chi connectivity index (χ4n) is 4.44. The minimum absolute atomic E-state index is 0.309. The molecule has 2 amide bonds. The van der Waals surface area contributed by atoms with Gasteiger partial charge in [0.15, 0.2) is 0 Å². The number of nitrogens with one attached hydrogen (secondary N) is 2. The first-order valence-corrected chi connectivity index (χ1v) is 13.0. The van der Waals surface area contributed by atoms with Crippen LogP contribution in [0.4, 0.5) is 10.5 Å². The molecule has 8 nitrogen and oxygen atoms in total. The first-order chi connectivity index (χ1) is 17.6. The molecular weight excluding hydrogens is 536 g/mol. The average Bonchev–Trinajstić information content (AvgIpc) is 3.38. The molecule has 1 aliphatic heterocycles. The number of carbonyl (C=O) groups excluding carboxylic acids is 2. The van der Waals surface area contributed by atoms with Crippen molar-refractivity contribution >= 4 is 33.6 Å². The van der Waals surface area contributed by atoms with E-state index in [2.05, 4.69) is 31.2 Å². The molecule has 0 saturated carbocycles. The van der Waals surface area contributed by atoms with Gasteiger partial charge in [0.2, 0.25) is 0 Å². The molecule has 9 heteroatoms. The number of primary amides is 1. The van der Waals surface area contributed by atoms with Crippen molar-refractivity contribution in [3.63, 3.8) is 0 Å². The van der Waals surface area contributed by atoms with Crippen molar-refractivity contribution < 1.29 is 18.7 Å². The second-order valence-corrected chi connectivity index (χ2v) is 10.6. The number of hydrogen-bond donors (Lipinski definition) is 3. The number of aromatic amines is 1. The van der Waals surface area contributed by atoms with Crippen LogP contribution in [0.25, 0.3) is 22.3 Å². The number of fused-ring (bicyclic) bond motifs is 1. The number of nitrogens with zero attached hydrogens (tertiary/aromatic N) is 1. The van der Waals surface area contributed by atoms with Gasteiger partial charge in [0.1, 0.15) is 17.1 Å². The maximum Gasteiger partial charge on any atom is 0.412 e. The Labute approximate surface area is 224 Å². The highest BCUT2D eigenvalue weighted by Gasteiger charge is 2.26. The molecule has 0 saturated heterocycles. The molecule has 4 rings (SSSR count). The largest absolute Gasteiger partial charge is 0.472 e. The number of aryl methyl sites for hydroxylation is 2. The average molecular weight is 567 g/mol. The van der Waals surface area contributed by atoms with E-state index in [1.54, 1.807) is 12.5 Å². The number of aromatic nitrogens is 2. The molecule has 1 aromatic heterocycles. The smallest absolute Gasteiger partial charge is 0.412 e. The standard InChI is InChI=1S/C28H31BrN4O4/c1-5-20-25(26(30)34)33-22(31-20)12-8-10-17-16-13-14-36-15-19(16)24(29)23(17)18-9-6-7-11-21(18)32-27(35)37-28(2,3)4/h6-7,9,11,13-15H,5,8,10,12H2,1-4H3,(H2,30,34)(H,31,33)(H,32,35). The Morgan fingerprint density at radius 3 is 2.57 bits per heavy atom. The second-order valence-electron chi connectivity index (χ2n) is 9.81. The van der Waals surface area contributed by atoms with Gasteiger partial charge in [-0.2, -0.15) is 0 Å². The van der Waals surface area contributed by atoms with Crippen molar-refractivity contribution in [2.45, 2.75) is 59.0 Å². The first-order valence-electron chi connectivity index (χ1n) is 12.2. The SMILES string of the molecule is CCc1[nH]c(CCCc2c3ccocc-3c(Br)c2-c2ccccc2NC(=O)OC(C)(C)C)nc1C(N)=O. The van der Waals surface area contributed by atoms with E-state index in [-0.39, 0.29) is 0 Å². The maximum absolute atomic E-state index is 12.6. The summed E-state index contributed by atoms with van der Waals surface area (Å²) < 4.78 is 11.8. The fraction of sp³-hybridized carbons (Fsp3) is 0.321. The highest BCUT2D eigenvalue weighted by atomic mass is 79.9. The summed E-state index contributed by atoms with van der Waals surface area (Å²) in [6, 6.07) is 9.61. The van der Waals surface area contributed by atoms with Crippen molar-refractivity contribution in [1.29, 1.82) is 0 Å². The Kier molecular flexibility index (Phi) is 7.73. The summed E-state index contributed by atoms with van der Waals surface area (Å²) in [5, 5.41) is 2.91. The molecule has 1 aromatic carbocycles. The number of anilines is 1. The van der Waals surface area contributed by atoms with Crippen molar-refractivity contribution in [3.8, 4) is 22.3 Å². The molecule has 4 N–H and O–H groups in total. The monoisotopic (exact) mass is 566 g/mol. The van der Waals surface area contributed by atoms with Gasteiger partial charge in [0, 0.05) is 33.3 Å². The van der Waals surface area contributed by atoms with Gasteiger partial charge < -0.3 is 19.9 Å². The summed E-state index contributed by atoms with van der Waals surface area (Å²) in [6.07, 6.45) is 5.68. The molecule has 0 fully saturated rings. The molecule has 0 bridgehead atoms. The normalized spacial score (nSPS) is 11.6. The quantitative estimate of drug-likeness (QED) is 0.218. The summed E-state index contributed by atoms with van der Waals surface area (Å²) in [7, 11) is 0. The van der Waals surface area contributed by atoms with Gasteiger partial charge in [-0.05, 0) is 79.2 Å². The van der Waals surface area contributed by atoms with Crippen LogP contribution in [0.5, 0.6) is 0 Å². The Hall–Kier alpha value is -3.59. The van der Waals surface area contributed by atoms with Crippen LogP contribution in [-0.2, 0) is 24.0 Å². The number of imidazole rings is 1. The maximum atomic E-state index is 12.6. The Balaban J connectivity index is 1.67. The van der Waals surface area contributed by atoms with Crippen LogP contribution < -0.4 is 11.1 Å². The zero-order valence-corrected chi connectivity index (χ0v) is 23.0. The van der Waals surface area contributed by atoms with E-state index in [4.69, 9.17) is 14.9 Å². The molecule has 1 aliphatic carbocycles. The number of amides is 2. The van der Waals surface area contributed by atoms with Crippen molar-refractivity contribution in [3.05, 3.63) is 70.1 Å². The van der Waals surface area contributed by atoms with Crippen LogP contribution in [0.2, 0.25) is 0 Å². The van der Waals surface area contributed by atoms with Crippen molar-refractivity contribution in [2.24, 2.45) is 5.73 Å². The van der Waals surface area contributed by atoms with Crippen LogP contribution in [-0.4, -0.2) is 27.6 Å². The van der Waals surface area contributed by atoms with Crippen LogP contribution in [0.15, 0.2) is 51.7 Å². The minimum atomic E-state index is -0.612. The molecule has 0 spiro atoms. The van der Waals surface area contributed by atoms with Crippen LogP contribution in [0.3, 0.4) is 0 Å². The lowest BCUT2D eigenvalue weighted by Crippen LogP contribution is -2.27. The number of ether oxygens (including phenoxy) is 1. The van der Waals surface area contributed by atoms with E-state index in [9.17, 15) is 9.59 Å². The van der Waals surface area contributed by atoms with E-state index in [1.165, 1.54) is 0 Å². The molecule has 2 aromatic rings. The molecular formula is C28H31BrN4O4. The van der Waals surface area contributed by atoms with Gasteiger partial charge in [0.05, 0.1) is 18.2 Å². The van der Waals surface area contributed by atoms with Crippen molar-refractivity contribution in [1.82, 2.24) is 9.97 Å². The third kappa shape index (κ3) is 5.88. The summed E-state index contributed by atoms with van der Waals surface area (Å²) in [4.78, 5) is 32.0. The minimum Gasteiger partial charge on any atom is -0.472 e. The van der Waals surface area contributed by atoms with E-state index in [0.29, 0.717) is 24.2 Å². The van der Waals surface area contributed by atoms with Gasteiger partial charge in [-0.25, -0.2) is 9.78 Å². The number of nitrogens with two attached hydrogens (primary N) is 1. The fourth-order valence-corrected chi connectivity index (χ4v) is 5.20. The molecule has 0 unspecified atom stereocenters.